The van der Waals surface area contributed by atoms with Crippen LogP contribution in [0.4, 0.5) is 0 Å². The molecule has 0 radical (unpaired) electrons. The van der Waals surface area contributed by atoms with Gasteiger partial charge in [0.25, 0.3) is 0 Å². The zero-order valence-corrected chi connectivity index (χ0v) is 10.2. The van der Waals surface area contributed by atoms with Gasteiger partial charge >= 0.3 is 0 Å². The summed E-state index contributed by atoms with van der Waals surface area (Å²) in [7, 11) is 0. The van der Waals surface area contributed by atoms with Crippen molar-refractivity contribution >= 4 is 0 Å². The van der Waals surface area contributed by atoms with Crippen LogP contribution in [0, 0.1) is 5.41 Å². The summed E-state index contributed by atoms with van der Waals surface area (Å²) < 4.78 is 11.2. The lowest BCUT2D eigenvalue weighted by Crippen LogP contribution is -2.17. The third-order valence-corrected chi connectivity index (χ3v) is 3.28. The van der Waals surface area contributed by atoms with Gasteiger partial charge in [-0.05, 0) is 43.4 Å². The number of hydrogen-bond acceptors (Lipinski definition) is 3. The first-order valence-electron chi connectivity index (χ1n) is 6.30. The van der Waals surface area contributed by atoms with E-state index >= 15 is 0 Å². The molecule has 2 N–H and O–H groups in total. The lowest BCUT2D eigenvalue weighted by Gasteiger charge is -2.14. The molecule has 1 aromatic rings. The fourth-order valence-corrected chi connectivity index (χ4v) is 1.97. The van der Waals surface area contributed by atoms with Crippen LogP contribution in [-0.4, -0.2) is 26.4 Å². The highest BCUT2D eigenvalue weighted by molar-refractivity contribution is 5.20. The molecule has 94 valence electrons. The van der Waals surface area contributed by atoms with E-state index in [2.05, 4.69) is 0 Å². The third kappa shape index (κ3) is 4.02. The van der Waals surface area contributed by atoms with E-state index in [0.29, 0.717) is 18.6 Å². The average molecular weight is 235 g/mol. The molecule has 0 bridgehead atoms. The SMILES string of the molecule is NCCC1(COCCOc2ccccc2)CC1. The van der Waals surface area contributed by atoms with E-state index in [1.165, 1.54) is 12.8 Å². The first kappa shape index (κ1) is 12.4. The Morgan fingerprint density at radius 2 is 1.88 bits per heavy atom. The van der Waals surface area contributed by atoms with Gasteiger partial charge in [-0.3, -0.25) is 0 Å². The molecule has 1 saturated carbocycles. The molecule has 0 amide bonds. The maximum absolute atomic E-state index is 5.65. The molecule has 0 aromatic heterocycles. The smallest absolute Gasteiger partial charge is 0.119 e. The number of nitrogens with two attached hydrogens (primary N) is 1. The van der Waals surface area contributed by atoms with Crippen LogP contribution in [0.15, 0.2) is 30.3 Å². The lowest BCUT2D eigenvalue weighted by atomic mass is 10.0. The standard InChI is InChI=1S/C14H21NO2/c15-9-8-14(6-7-14)12-16-10-11-17-13-4-2-1-3-5-13/h1-5H,6-12,15H2. The molecule has 1 aliphatic carbocycles. The Kier molecular flexibility index (Phi) is 4.40. The van der Waals surface area contributed by atoms with Crippen LogP contribution < -0.4 is 10.5 Å². The van der Waals surface area contributed by atoms with Gasteiger partial charge in [-0.2, -0.15) is 0 Å². The first-order chi connectivity index (χ1) is 8.35. The van der Waals surface area contributed by atoms with Gasteiger partial charge in [-0.15, -0.1) is 0 Å². The van der Waals surface area contributed by atoms with Gasteiger partial charge in [0.05, 0.1) is 13.2 Å². The highest BCUT2D eigenvalue weighted by Crippen LogP contribution is 2.48. The lowest BCUT2D eigenvalue weighted by molar-refractivity contribution is 0.0646. The van der Waals surface area contributed by atoms with Crippen LogP contribution >= 0.6 is 0 Å². The molecule has 17 heavy (non-hydrogen) atoms. The van der Waals surface area contributed by atoms with Crippen molar-refractivity contribution in [3.63, 3.8) is 0 Å². The molecule has 1 fully saturated rings. The third-order valence-electron chi connectivity index (χ3n) is 3.28. The average Bonchev–Trinajstić information content (AvgIpc) is 3.11. The van der Waals surface area contributed by atoms with Gasteiger partial charge in [-0.1, -0.05) is 18.2 Å². The van der Waals surface area contributed by atoms with Gasteiger partial charge in [0.1, 0.15) is 12.4 Å². The van der Waals surface area contributed by atoms with Gasteiger partial charge in [0.15, 0.2) is 0 Å². The van der Waals surface area contributed by atoms with Crippen molar-refractivity contribution < 1.29 is 9.47 Å². The summed E-state index contributed by atoms with van der Waals surface area (Å²) in [6.45, 7) is 2.87. The molecular formula is C14H21NO2. The van der Waals surface area contributed by atoms with E-state index in [4.69, 9.17) is 15.2 Å². The summed E-state index contributed by atoms with van der Waals surface area (Å²) in [5, 5.41) is 0. The van der Waals surface area contributed by atoms with Crippen molar-refractivity contribution in [2.45, 2.75) is 19.3 Å². The first-order valence-corrected chi connectivity index (χ1v) is 6.30. The molecule has 3 nitrogen and oxygen atoms in total. The largest absolute Gasteiger partial charge is 0.491 e. The van der Waals surface area contributed by atoms with Crippen LogP contribution in [0.3, 0.4) is 0 Å². The van der Waals surface area contributed by atoms with E-state index in [-0.39, 0.29) is 0 Å². The predicted molar refractivity (Wildman–Crippen MR) is 68.1 cm³/mol. The van der Waals surface area contributed by atoms with Crippen LogP contribution in [0.1, 0.15) is 19.3 Å². The Morgan fingerprint density at radius 1 is 1.12 bits per heavy atom. The van der Waals surface area contributed by atoms with Crippen LogP contribution in [0.5, 0.6) is 5.75 Å². The Bertz CT molecular complexity index is 322. The van der Waals surface area contributed by atoms with E-state index < -0.39 is 0 Å². The van der Waals surface area contributed by atoms with E-state index in [1.807, 2.05) is 30.3 Å². The minimum absolute atomic E-state index is 0.404. The number of hydrogen-bond donors (Lipinski definition) is 1. The van der Waals surface area contributed by atoms with E-state index in [1.54, 1.807) is 0 Å². The van der Waals surface area contributed by atoms with Gasteiger partial charge in [-0.25, -0.2) is 0 Å². The molecule has 0 spiro atoms. The molecule has 2 rings (SSSR count). The van der Waals surface area contributed by atoms with Crippen molar-refractivity contribution in [2.75, 3.05) is 26.4 Å². The van der Waals surface area contributed by atoms with Gasteiger partial charge in [0, 0.05) is 0 Å². The molecule has 1 aromatic carbocycles. The molecule has 0 unspecified atom stereocenters. The predicted octanol–water partition coefficient (Wildman–Crippen LogP) is 2.21. The van der Waals surface area contributed by atoms with Crippen LogP contribution in [-0.2, 0) is 4.74 Å². The van der Waals surface area contributed by atoms with E-state index in [9.17, 15) is 0 Å². The quantitative estimate of drug-likeness (QED) is 0.703. The Balaban J connectivity index is 1.55. The van der Waals surface area contributed by atoms with Gasteiger partial charge < -0.3 is 15.2 Å². The summed E-state index contributed by atoms with van der Waals surface area (Å²) in [6.07, 6.45) is 3.63. The normalized spacial score (nSPS) is 16.8. The second-order valence-corrected chi connectivity index (χ2v) is 4.75. The Labute approximate surface area is 103 Å². The van der Waals surface area contributed by atoms with Gasteiger partial charge in [0.2, 0.25) is 0 Å². The van der Waals surface area contributed by atoms with Crippen LogP contribution in [0.2, 0.25) is 0 Å². The molecule has 0 heterocycles. The topological polar surface area (TPSA) is 44.5 Å². The highest BCUT2D eigenvalue weighted by Gasteiger charge is 2.41. The minimum Gasteiger partial charge on any atom is -0.491 e. The monoisotopic (exact) mass is 235 g/mol. The minimum atomic E-state index is 0.404. The molecule has 0 aliphatic heterocycles. The number of benzene rings is 1. The second kappa shape index (κ2) is 6.03. The molecule has 1 aliphatic rings. The summed E-state index contributed by atoms with van der Waals surface area (Å²) >= 11 is 0. The van der Waals surface area contributed by atoms with Crippen molar-refractivity contribution in [2.24, 2.45) is 11.1 Å². The van der Waals surface area contributed by atoms with Crippen molar-refractivity contribution in [3.05, 3.63) is 30.3 Å². The van der Waals surface area contributed by atoms with Crippen molar-refractivity contribution in [1.29, 1.82) is 0 Å². The van der Waals surface area contributed by atoms with Crippen LogP contribution in [0.25, 0.3) is 0 Å². The van der Waals surface area contributed by atoms with Crippen molar-refractivity contribution in [3.8, 4) is 5.75 Å². The second-order valence-electron chi connectivity index (χ2n) is 4.75. The summed E-state index contributed by atoms with van der Waals surface area (Å²) in [4.78, 5) is 0. The number of ether oxygens (including phenoxy) is 2. The molecule has 0 saturated heterocycles. The van der Waals surface area contributed by atoms with Crippen molar-refractivity contribution in [1.82, 2.24) is 0 Å². The number of para-hydroxylation sites is 1. The Morgan fingerprint density at radius 3 is 2.53 bits per heavy atom. The fraction of sp³-hybridized carbons (Fsp3) is 0.571. The molecule has 3 heteroatoms. The fourth-order valence-electron chi connectivity index (χ4n) is 1.97. The Hall–Kier alpha value is -1.06. The molecule has 0 atom stereocenters. The summed E-state index contributed by atoms with van der Waals surface area (Å²) in [6, 6.07) is 9.83. The van der Waals surface area contributed by atoms with E-state index in [0.717, 1.165) is 25.3 Å². The zero-order chi connectivity index (χ0) is 12.0. The maximum atomic E-state index is 5.65. The molecular weight excluding hydrogens is 214 g/mol. The summed E-state index contributed by atoms with van der Waals surface area (Å²) in [5.41, 5.74) is 5.99. The number of rotatable bonds is 8. The highest BCUT2D eigenvalue weighted by atomic mass is 16.5. The summed E-state index contributed by atoms with van der Waals surface area (Å²) in [5.74, 6) is 0.902. The zero-order valence-electron chi connectivity index (χ0n) is 10.2. The maximum Gasteiger partial charge on any atom is 0.119 e.